The van der Waals surface area contributed by atoms with E-state index in [1.807, 2.05) is 0 Å². The quantitative estimate of drug-likeness (QED) is 0.869. The zero-order valence-corrected chi connectivity index (χ0v) is 11.1. The van der Waals surface area contributed by atoms with Gasteiger partial charge in [-0.05, 0) is 37.8 Å². The van der Waals surface area contributed by atoms with Crippen molar-refractivity contribution in [2.24, 2.45) is 5.73 Å². The molecule has 3 nitrogen and oxygen atoms in total. The Bertz CT molecular complexity index is 434. The molecular formula is C15H22N2O. The Balaban J connectivity index is 1.97. The zero-order chi connectivity index (χ0) is 12.6. The van der Waals surface area contributed by atoms with E-state index in [4.69, 9.17) is 10.5 Å². The molecule has 0 aromatic heterocycles. The van der Waals surface area contributed by atoms with E-state index in [1.54, 1.807) is 0 Å². The maximum Gasteiger partial charge on any atom is 0.0642 e. The van der Waals surface area contributed by atoms with Gasteiger partial charge in [-0.1, -0.05) is 17.7 Å². The number of aryl methyl sites for hydroxylation is 1. The predicted molar refractivity (Wildman–Crippen MR) is 73.9 cm³/mol. The predicted octanol–water partition coefficient (Wildman–Crippen LogP) is 2.17. The summed E-state index contributed by atoms with van der Waals surface area (Å²) in [5.41, 5.74) is 10.4. The molecule has 98 valence electrons. The average Bonchev–Trinajstić information content (AvgIpc) is 2.37. The van der Waals surface area contributed by atoms with Crippen molar-refractivity contribution in [3.63, 3.8) is 0 Å². The summed E-state index contributed by atoms with van der Waals surface area (Å²) in [6.45, 7) is 5.75. The van der Waals surface area contributed by atoms with Gasteiger partial charge in [0.05, 0.1) is 13.2 Å². The fraction of sp³-hybridized carbons (Fsp3) is 0.600. The molecule has 1 saturated heterocycles. The van der Waals surface area contributed by atoms with E-state index >= 15 is 0 Å². The molecule has 0 atom stereocenters. The lowest BCUT2D eigenvalue weighted by Crippen LogP contribution is -2.46. The second-order valence-electron chi connectivity index (χ2n) is 5.63. The van der Waals surface area contributed by atoms with Crippen molar-refractivity contribution in [2.45, 2.75) is 31.7 Å². The van der Waals surface area contributed by atoms with Gasteiger partial charge in [0.25, 0.3) is 0 Å². The van der Waals surface area contributed by atoms with Gasteiger partial charge in [-0.3, -0.25) is 0 Å². The van der Waals surface area contributed by atoms with Crippen LogP contribution in [-0.2, 0) is 10.3 Å². The Morgan fingerprint density at radius 2 is 1.94 bits per heavy atom. The van der Waals surface area contributed by atoms with Crippen molar-refractivity contribution in [2.75, 3.05) is 31.2 Å². The van der Waals surface area contributed by atoms with Gasteiger partial charge >= 0.3 is 0 Å². The van der Waals surface area contributed by atoms with E-state index in [1.165, 1.54) is 23.2 Å². The van der Waals surface area contributed by atoms with E-state index in [2.05, 4.69) is 30.0 Å². The van der Waals surface area contributed by atoms with Gasteiger partial charge in [-0.2, -0.15) is 0 Å². The highest BCUT2D eigenvalue weighted by atomic mass is 16.5. The zero-order valence-electron chi connectivity index (χ0n) is 11.1. The molecule has 1 aliphatic heterocycles. The molecule has 2 N–H and O–H groups in total. The largest absolute Gasteiger partial charge is 0.378 e. The fourth-order valence-electron chi connectivity index (χ4n) is 2.96. The normalized spacial score (nSPS) is 22.7. The molecule has 1 heterocycles. The SMILES string of the molecule is Cc1ccc(N2CCOCC2)c(C2(N)CCC2)c1. The van der Waals surface area contributed by atoms with Crippen molar-refractivity contribution >= 4 is 5.69 Å². The molecule has 0 unspecified atom stereocenters. The smallest absolute Gasteiger partial charge is 0.0642 e. The van der Waals surface area contributed by atoms with Crippen molar-refractivity contribution in [1.82, 2.24) is 0 Å². The molecule has 0 bridgehead atoms. The van der Waals surface area contributed by atoms with Gasteiger partial charge in [0, 0.05) is 24.3 Å². The molecule has 18 heavy (non-hydrogen) atoms. The highest BCUT2D eigenvalue weighted by Gasteiger charge is 2.37. The van der Waals surface area contributed by atoms with Crippen LogP contribution in [-0.4, -0.2) is 26.3 Å². The Labute approximate surface area is 109 Å². The molecule has 2 aliphatic rings. The third-order valence-electron chi connectivity index (χ3n) is 4.29. The first-order chi connectivity index (χ1) is 8.69. The molecule has 1 aromatic rings. The first-order valence-corrected chi connectivity index (χ1v) is 6.92. The van der Waals surface area contributed by atoms with Gasteiger partial charge in [0.15, 0.2) is 0 Å². The van der Waals surface area contributed by atoms with Crippen LogP contribution in [0, 0.1) is 6.92 Å². The summed E-state index contributed by atoms with van der Waals surface area (Å²) in [4.78, 5) is 2.42. The first-order valence-electron chi connectivity index (χ1n) is 6.92. The Morgan fingerprint density at radius 3 is 2.56 bits per heavy atom. The van der Waals surface area contributed by atoms with Gasteiger partial charge in [0.1, 0.15) is 0 Å². The highest BCUT2D eigenvalue weighted by molar-refractivity contribution is 5.58. The van der Waals surface area contributed by atoms with Gasteiger partial charge in [-0.25, -0.2) is 0 Å². The molecule has 3 rings (SSSR count). The minimum atomic E-state index is -0.0837. The van der Waals surface area contributed by atoms with Gasteiger partial charge in [-0.15, -0.1) is 0 Å². The standard InChI is InChI=1S/C15H22N2O/c1-12-3-4-14(17-7-9-18-10-8-17)13(11-12)15(16)5-2-6-15/h3-4,11H,2,5-10,16H2,1H3. The summed E-state index contributed by atoms with van der Waals surface area (Å²) in [6.07, 6.45) is 3.49. The summed E-state index contributed by atoms with van der Waals surface area (Å²) in [5, 5.41) is 0. The van der Waals surface area contributed by atoms with Crippen molar-refractivity contribution < 1.29 is 4.74 Å². The topological polar surface area (TPSA) is 38.5 Å². The number of benzene rings is 1. The summed E-state index contributed by atoms with van der Waals surface area (Å²) < 4.78 is 5.44. The third kappa shape index (κ3) is 2.02. The Hall–Kier alpha value is -1.06. The minimum absolute atomic E-state index is 0.0837. The van der Waals surface area contributed by atoms with Crippen LogP contribution in [0.4, 0.5) is 5.69 Å². The van der Waals surface area contributed by atoms with Crippen molar-refractivity contribution in [1.29, 1.82) is 0 Å². The number of anilines is 1. The van der Waals surface area contributed by atoms with E-state index in [-0.39, 0.29) is 5.54 Å². The lowest BCUT2D eigenvalue weighted by molar-refractivity contribution is 0.122. The molecular weight excluding hydrogens is 224 g/mol. The minimum Gasteiger partial charge on any atom is -0.378 e. The maximum absolute atomic E-state index is 6.54. The summed E-state index contributed by atoms with van der Waals surface area (Å²) in [5.74, 6) is 0. The molecule has 0 spiro atoms. The first kappa shape index (κ1) is 12.0. The monoisotopic (exact) mass is 246 g/mol. The second-order valence-corrected chi connectivity index (χ2v) is 5.63. The van der Waals surface area contributed by atoms with Gasteiger partial charge < -0.3 is 15.4 Å². The van der Waals surface area contributed by atoms with Crippen LogP contribution >= 0.6 is 0 Å². The van der Waals surface area contributed by atoms with Crippen molar-refractivity contribution in [3.8, 4) is 0 Å². The van der Waals surface area contributed by atoms with Gasteiger partial charge in [0.2, 0.25) is 0 Å². The molecule has 2 fully saturated rings. The maximum atomic E-state index is 6.54. The molecule has 1 saturated carbocycles. The molecule has 1 aliphatic carbocycles. The number of ether oxygens (including phenoxy) is 1. The Kier molecular flexibility index (Phi) is 3.04. The molecule has 1 aromatic carbocycles. The number of morpholine rings is 1. The van der Waals surface area contributed by atoms with Crippen LogP contribution in [0.2, 0.25) is 0 Å². The van der Waals surface area contributed by atoms with E-state index in [9.17, 15) is 0 Å². The summed E-state index contributed by atoms with van der Waals surface area (Å²) >= 11 is 0. The number of hydrogen-bond acceptors (Lipinski definition) is 3. The lowest BCUT2D eigenvalue weighted by Gasteiger charge is -2.42. The van der Waals surface area contributed by atoms with Crippen LogP contribution < -0.4 is 10.6 Å². The van der Waals surface area contributed by atoms with E-state index in [0.29, 0.717) is 0 Å². The van der Waals surface area contributed by atoms with E-state index in [0.717, 1.165) is 39.1 Å². The Morgan fingerprint density at radius 1 is 1.22 bits per heavy atom. The average molecular weight is 246 g/mol. The van der Waals surface area contributed by atoms with Crippen LogP contribution in [0.3, 0.4) is 0 Å². The summed E-state index contributed by atoms with van der Waals surface area (Å²) in [6, 6.07) is 6.71. The number of hydrogen-bond donors (Lipinski definition) is 1. The van der Waals surface area contributed by atoms with Crippen LogP contribution in [0.25, 0.3) is 0 Å². The second kappa shape index (κ2) is 4.56. The van der Waals surface area contributed by atoms with Crippen LogP contribution in [0.1, 0.15) is 30.4 Å². The highest BCUT2D eigenvalue weighted by Crippen LogP contribution is 2.43. The number of rotatable bonds is 2. The summed E-state index contributed by atoms with van der Waals surface area (Å²) in [7, 11) is 0. The molecule has 0 radical (unpaired) electrons. The lowest BCUT2D eigenvalue weighted by atomic mass is 9.71. The third-order valence-corrected chi connectivity index (χ3v) is 4.29. The number of nitrogens with zero attached hydrogens (tertiary/aromatic N) is 1. The fourth-order valence-corrected chi connectivity index (χ4v) is 2.96. The molecule has 3 heteroatoms. The van der Waals surface area contributed by atoms with E-state index < -0.39 is 0 Å². The van der Waals surface area contributed by atoms with Crippen LogP contribution in [0.15, 0.2) is 18.2 Å². The van der Waals surface area contributed by atoms with Crippen LogP contribution in [0.5, 0.6) is 0 Å². The number of nitrogens with two attached hydrogens (primary N) is 1. The van der Waals surface area contributed by atoms with Crippen molar-refractivity contribution in [3.05, 3.63) is 29.3 Å². The molecule has 0 amide bonds.